The highest BCUT2D eigenvalue weighted by Crippen LogP contribution is 2.30. The first-order chi connectivity index (χ1) is 14.2. The Labute approximate surface area is 170 Å². The van der Waals surface area contributed by atoms with Crippen LogP contribution in [0.3, 0.4) is 0 Å². The van der Waals surface area contributed by atoms with Gasteiger partial charge in [0.2, 0.25) is 0 Å². The van der Waals surface area contributed by atoms with Crippen LogP contribution in [-0.4, -0.2) is 26.9 Å². The summed E-state index contributed by atoms with van der Waals surface area (Å²) in [6, 6.07) is 16.7. The van der Waals surface area contributed by atoms with E-state index < -0.39 is 11.6 Å². The zero-order chi connectivity index (χ0) is 20.2. The first-order valence-corrected chi connectivity index (χ1v) is 9.73. The van der Waals surface area contributed by atoms with Crippen LogP contribution in [0, 0.1) is 11.6 Å². The minimum atomic E-state index is -0.585. The Kier molecular flexibility index (Phi) is 5.53. The van der Waals surface area contributed by atoms with Gasteiger partial charge in [-0.15, -0.1) is 10.2 Å². The van der Waals surface area contributed by atoms with Crippen LogP contribution in [-0.2, 0) is 5.75 Å². The summed E-state index contributed by atoms with van der Waals surface area (Å²) >= 11 is 1.20. The van der Waals surface area contributed by atoms with Crippen LogP contribution < -0.4 is 4.74 Å². The maximum atomic E-state index is 14.0. The highest BCUT2D eigenvalue weighted by molar-refractivity contribution is 7.98. The molecule has 2 heterocycles. The number of nitrogens with zero attached hydrogens (tertiary/aromatic N) is 4. The van der Waals surface area contributed by atoms with Gasteiger partial charge in [0.1, 0.15) is 23.1 Å². The fourth-order valence-corrected chi connectivity index (χ4v) is 3.76. The Hall–Kier alpha value is -3.26. The molecule has 8 heteroatoms. The monoisotopic (exact) mass is 410 g/mol. The molecule has 0 bridgehead atoms. The molecule has 0 atom stereocenters. The number of thioether (sulfide) groups is 1. The van der Waals surface area contributed by atoms with Crippen molar-refractivity contribution in [3.8, 4) is 23.0 Å². The van der Waals surface area contributed by atoms with Gasteiger partial charge in [0, 0.05) is 17.5 Å². The number of benzene rings is 2. The highest BCUT2D eigenvalue weighted by Gasteiger charge is 2.18. The molecule has 0 aliphatic carbocycles. The fourth-order valence-electron chi connectivity index (χ4n) is 2.80. The Morgan fingerprint density at radius 3 is 2.34 bits per heavy atom. The van der Waals surface area contributed by atoms with Gasteiger partial charge < -0.3 is 4.74 Å². The number of hydrogen-bond acceptors (Lipinski definition) is 5. The Bertz CT molecular complexity index is 1100. The van der Waals surface area contributed by atoms with Crippen molar-refractivity contribution in [1.29, 1.82) is 0 Å². The molecule has 0 aliphatic rings. The van der Waals surface area contributed by atoms with E-state index in [-0.39, 0.29) is 11.3 Å². The van der Waals surface area contributed by atoms with Gasteiger partial charge in [0.25, 0.3) is 0 Å². The van der Waals surface area contributed by atoms with Crippen LogP contribution in [0.4, 0.5) is 8.78 Å². The number of hydrogen-bond donors (Lipinski definition) is 0. The molecule has 0 saturated heterocycles. The summed E-state index contributed by atoms with van der Waals surface area (Å²) in [5, 5.41) is 9.02. The minimum absolute atomic E-state index is 0.00108. The van der Waals surface area contributed by atoms with Crippen molar-refractivity contribution in [2.45, 2.75) is 10.9 Å². The molecule has 4 rings (SSSR count). The maximum Gasteiger partial charge on any atom is 0.196 e. The standard InChI is InChI=1S/C21H16F2N4OS/c1-28-15-10-8-14(9-11-15)27-20(19-7-2-3-12-24-19)25-26-21(27)29-13-16-17(22)5-4-6-18(16)23/h2-12H,13H2,1H3. The van der Waals surface area contributed by atoms with Crippen molar-refractivity contribution < 1.29 is 13.5 Å². The molecule has 0 unspecified atom stereocenters. The largest absolute Gasteiger partial charge is 0.497 e. The molecule has 0 saturated carbocycles. The summed E-state index contributed by atoms with van der Waals surface area (Å²) in [7, 11) is 1.59. The van der Waals surface area contributed by atoms with E-state index >= 15 is 0 Å². The second-order valence-electron chi connectivity index (χ2n) is 6.04. The molecule has 146 valence electrons. The molecule has 0 radical (unpaired) electrons. The molecule has 0 N–H and O–H groups in total. The van der Waals surface area contributed by atoms with E-state index in [2.05, 4.69) is 15.2 Å². The smallest absolute Gasteiger partial charge is 0.196 e. The third-order valence-electron chi connectivity index (χ3n) is 4.27. The first-order valence-electron chi connectivity index (χ1n) is 8.74. The van der Waals surface area contributed by atoms with Gasteiger partial charge >= 0.3 is 0 Å². The summed E-state index contributed by atoms with van der Waals surface area (Å²) < 4.78 is 35.1. The lowest BCUT2D eigenvalue weighted by atomic mass is 10.2. The highest BCUT2D eigenvalue weighted by atomic mass is 32.2. The third kappa shape index (κ3) is 3.97. The van der Waals surface area contributed by atoms with E-state index in [1.165, 1.54) is 30.0 Å². The maximum absolute atomic E-state index is 14.0. The average Bonchev–Trinajstić information content (AvgIpc) is 3.18. The molecular weight excluding hydrogens is 394 g/mol. The topological polar surface area (TPSA) is 52.8 Å². The van der Waals surface area contributed by atoms with Crippen LogP contribution >= 0.6 is 11.8 Å². The van der Waals surface area contributed by atoms with Crippen LogP contribution in [0.5, 0.6) is 5.75 Å². The summed E-state index contributed by atoms with van der Waals surface area (Å²) in [4.78, 5) is 4.35. The van der Waals surface area contributed by atoms with Crippen molar-refractivity contribution >= 4 is 11.8 Å². The number of rotatable bonds is 6. The van der Waals surface area contributed by atoms with Crippen molar-refractivity contribution in [2.24, 2.45) is 0 Å². The Balaban J connectivity index is 1.74. The van der Waals surface area contributed by atoms with Crippen LogP contribution in [0.1, 0.15) is 5.56 Å². The fraction of sp³-hybridized carbons (Fsp3) is 0.0952. The summed E-state index contributed by atoms with van der Waals surface area (Å²) in [6.45, 7) is 0. The van der Waals surface area contributed by atoms with Crippen molar-refractivity contribution in [3.05, 3.63) is 84.1 Å². The SMILES string of the molecule is COc1ccc(-n2c(SCc3c(F)cccc3F)nnc2-c2ccccn2)cc1. The van der Waals surface area contributed by atoms with Crippen molar-refractivity contribution in [2.75, 3.05) is 7.11 Å². The van der Waals surface area contributed by atoms with Crippen LogP contribution in [0.15, 0.2) is 72.0 Å². The number of halogens is 2. The normalized spacial score (nSPS) is 10.9. The second kappa shape index (κ2) is 8.40. The molecule has 0 spiro atoms. The Morgan fingerprint density at radius 2 is 1.69 bits per heavy atom. The molecule has 29 heavy (non-hydrogen) atoms. The summed E-state index contributed by atoms with van der Waals surface area (Å²) in [5.74, 6) is 0.154. The summed E-state index contributed by atoms with van der Waals surface area (Å²) in [6.07, 6.45) is 1.67. The minimum Gasteiger partial charge on any atom is -0.497 e. The Morgan fingerprint density at radius 1 is 0.931 bits per heavy atom. The van der Waals surface area contributed by atoms with Crippen LogP contribution in [0.2, 0.25) is 0 Å². The van der Waals surface area contributed by atoms with Gasteiger partial charge in [0.15, 0.2) is 11.0 Å². The number of ether oxygens (including phenoxy) is 1. The van der Waals surface area contributed by atoms with Gasteiger partial charge in [-0.3, -0.25) is 9.55 Å². The molecular formula is C21H16F2N4OS. The molecule has 0 fully saturated rings. The van der Waals surface area contributed by atoms with E-state index in [1.807, 2.05) is 47.0 Å². The van der Waals surface area contributed by atoms with E-state index in [4.69, 9.17) is 4.74 Å². The molecule has 2 aromatic carbocycles. The van der Waals surface area contributed by atoms with Crippen molar-refractivity contribution in [1.82, 2.24) is 19.7 Å². The van der Waals surface area contributed by atoms with E-state index in [9.17, 15) is 8.78 Å². The third-order valence-corrected chi connectivity index (χ3v) is 5.22. The quantitative estimate of drug-likeness (QED) is 0.423. The van der Waals surface area contributed by atoms with Gasteiger partial charge in [-0.25, -0.2) is 8.78 Å². The van der Waals surface area contributed by atoms with Gasteiger partial charge in [-0.1, -0.05) is 23.9 Å². The van der Waals surface area contributed by atoms with Crippen LogP contribution in [0.25, 0.3) is 17.2 Å². The average molecular weight is 410 g/mol. The number of pyridine rings is 1. The summed E-state index contributed by atoms with van der Waals surface area (Å²) in [5.41, 5.74) is 1.42. The van der Waals surface area contributed by atoms with Gasteiger partial charge in [-0.05, 0) is 48.5 Å². The van der Waals surface area contributed by atoms with Gasteiger partial charge in [-0.2, -0.15) is 0 Å². The second-order valence-corrected chi connectivity index (χ2v) is 6.99. The number of aromatic nitrogens is 4. The van der Waals surface area contributed by atoms with E-state index in [1.54, 1.807) is 13.3 Å². The molecule has 4 aromatic rings. The number of methoxy groups -OCH3 is 1. The zero-order valence-corrected chi connectivity index (χ0v) is 16.2. The van der Waals surface area contributed by atoms with E-state index in [0.29, 0.717) is 22.4 Å². The molecule has 0 aliphatic heterocycles. The molecule has 0 amide bonds. The van der Waals surface area contributed by atoms with Gasteiger partial charge in [0.05, 0.1) is 12.8 Å². The van der Waals surface area contributed by atoms with Crippen molar-refractivity contribution in [3.63, 3.8) is 0 Å². The lowest BCUT2D eigenvalue weighted by Gasteiger charge is -2.11. The lowest BCUT2D eigenvalue weighted by molar-refractivity contribution is 0.414. The predicted octanol–water partition coefficient (Wildman–Crippen LogP) is 4.91. The lowest BCUT2D eigenvalue weighted by Crippen LogP contribution is -2.01. The van der Waals surface area contributed by atoms with E-state index in [0.717, 1.165) is 5.69 Å². The zero-order valence-electron chi connectivity index (χ0n) is 15.4. The molecule has 5 nitrogen and oxygen atoms in total. The predicted molar refractivity (Wildman–Crippen MR) is 107 cm³/mol. The molecule has 2 aromatic heterocycles. The first kappa shape index (κ1) is 19.1.